The Morgan fingerprint density at radius 2 is 1.74 bits per heavy atom. The number of nitrogens with one attached hydrogen (secondary N) is 2. The van der Waals surface area contributed by atoms with Gasteiger partial charge in [0.15, 0.2) is 5.11 Å². The highest BCUT2D eigenvalue weighted by atomic mass is 32.1. The number of hydrogen-bond acceptors (Lipinski definition) is 8. The second-order valence-corrected chi connectivity index (χ2v) is 7.28. The number of rotatable bonds is 5. The molecule has 31 heavy (non-hydrogen) atoms. The lowest BCUT2D eigenvalue weighted by molar-refractivity contribution is -0.384. The molecule has 0 saturated carbocycles. The summed E-state index contributed by atoms with van der Waals surface area (Å²) in [7, 11) is 0. The van der Waals surface area contributed by atoms with Crippen LogP contribution >= 0.6 is 12.2 Å². The molecule has 0 radical (unpaired) electrons. The Morgan fingerprint density at radius 1 is 1.03 bits per heavy atom. The summed E-state index contributed by atoms with van der Waals surface area (Å²) in [5.41, 5.74) is -0.0302. The van der Waals surface area contributed by atoms with Crippen LogP contribution in [0.5, 0.6) is 5.75 Å². The zero-order valence-corrected chi connectivity index (χ0v) is 17.1. The van der Waals surface area contributed by atoms with E-state index in [1.165, 1.54) is 12.1 Å². The highest BCUT2D eigenvalue weighted by molar-refractivity contribution is 7.80. The molecule has 1 heterocycles. The van der Waals surface area contributed by atoms with Crippen LogP contribution in [0, 0.1) is 20.2 Å². The Bertz CT molecular complexity index is 1050. The number of hydrogen-bond donors (Lipinski definition) is 3. The maximum Gasteiger partial charge on any atom is 0.293 e. The van der Waals surface area contributed by atoms with Gasteiger partial charge >= 0.3 is 0 Å². The van der Waals surface area contributed by atoms with Crippen LogP contribution in [0.1, 0.15) is 29.6 Å². The molecule has 2 aromatic carbocycles. The summed E-state index contributed by atoms with van der Waals surface area (Å²) in [6.45, 7) is 1.43. The highest BCUT2D eigenvalue weighted by Gasteiger charge is 2.23. The third-order valence-corrected chi connectivity index (χ3v) is 5.00. The van der Waals surface area contributed by atoms with E-state index in [2.05, 4.69) is 10.6 Å². The van der Waals surface area contributed by atoms with Crippen LogP contribution in [0.25, 0.3) is 0 Å². The van der Waals surface area contributed by atoms with Gasteiger partial charge in [0.1, 0.15) is 11.4 Å². The predicted molar refractivity (Wildman–Crippen MR) is 118 cm³/mol. The molecule has 1 aliphatic rings. The van der Waals surface area contributed by atoms with Crippen LogP contribution in [0.4, 0.5) is 22.7 Å². The maximum absolute atomic E-state index is 12.5. The lowest BCUT2D eigenvalue weighted by Crippen LogP contribution is -2.34. The molecule has 3 rings (SSSR count). The Kier molecular flexibility index (Phi) is 6.60. The summed E-state index contributed by atoms with van der Waals surface area (Å²) in [4.78, 5) is 35.7. The van der Waals surface area contributed by atoms with Crippen molar-refractivity contribution in [3.8, 4) is 5.75 Å². The first-order valence-electron chi connectivity index (χ1n) is 9.39. The molecular formula is C19H19N5O6S. The molecule has 1 saturated heterocycles. The third-order valence-electron chi connectivity index (χ3n) is 4.80. The molecule has 12 heteroatoms. The Balaban J connectivity index is 1.75. The van der Waals surface area contributed by atoms with E-state index in [1.54, 1.807) is 6.07 Å². The molecule has 3 N–H and O–H groups in total. The Labute approximate surface area is 182 Å². The van der Waals surface area contributed by atoms with Gasteiger partial charge in [-0.05, 0) is 49.7 Å². The van der Waals surface area contributed by atoms with Crippen LogP contribution in [0.2, 0.25) is 0 Å². The lowest BCUT2D eigenvalue weighted by Gasteiger charge is -2.28. The predicted octanol–water partition coefficient (Wildman–Crippen LogP) is 3.33. The minimum absolute atomic E-state index is 0.0277. The van der Waals surface area contributed by atoms with Gasteiger partial charge < -0.3 is 15.3 Å². The van der Waals surface area contributed by atoms with Crippen molar-refractivity contribution in [2.45, 2.75) is 19.3 Å². The molecule has 1 amide bonds. The van der Waals surface area contributed by atoms with Gasteiger partial charge in [-0.1, -0.05) is 0 Å². The molecule has 11 nitrogen and oxygen atoms in total. The summed E-state index contributed by atoms with van der Waals surface area (Å²) < 4.78 is 0. The highest BCUT2D eigenvalue weighted by Crippen LogP contribution is 2.31. The molecular weight excluding hydrogens is 426 g/mol. The summed E-state index contributed by atoms with van der Waals surface area (Å²) in [5, 5.41) is 36.9. The number of thiocarbonyl (C=S) groups is 1. The quantitative estimate of drug-likeness (QED) is 0.272. The number of nitrogens with zero attached hydrogens (tertiary/aromatic N) is 3. The molecule has 1 aliphatic heterocycles. The number of phenols is 1. The lowest BCUT2D eigenvalue weighted by atomic mass is 10.1. The van der Waals surface area contributed by atoms with Crippen LogP contribution in [-0.2, 0) is 0 Å². The third kappa shape index (κ3) is 5.22. The summed E-state index contributed by atoms with van der Waals surface area (Å²) in [5.74, 6) is -1.00. The van der Waals surface area contributed by atoms with Crippen molar-refractivity contribution in [2.75, 3.05) is 23.3 Å². The fourth-order valence-corrected chi connectivity index (χ4v) is 3.48. The number of phenolic OH excluding ortho intramolecular Hbond substituents is 1. The fourth-order valence-electron chi connectivity index (χ4n) is 3.28. The van der Waals surface area contributed by atoms with Crippen molar-refractivity contribution in [1.29, 1.82) is 0 Å². The van der Waals surface area contributed by atoms with Gasteiger partial charge in [0.2, 0.25) is 0 Å². The molecule has 0 unspecified atom stereocenters. The first-order valence-corrected chi connectivity index (χ1v) is 9.80. The number of benzene rings is 2. The molecule has 162 valence electrons. The van der Waals surface area contributed by atoms with E-state index in [9.17, 15) is 30.1 Å². The second kappa shape index (κ2) is 9.34. The number of aromatic hydroxyl groups is 1. The summed E-state index contributed by atoms with van der Waals surface area (Å²) >= 11 is 5.03. The average molecular weight is 445 g/mol. The molecule has 0 spiro atoms. The molecule has 0 aromatic heterocycles. The molecule has 1 fully saturated rings. The zero-order chi connectivity index (χ0) is 22.5. The number of non-ortho nitro benzene ring substituents is 1. The van der Waals surface area contributed by atoms with Gasteiger partial charge in [-0.25, -0.2) is 0 Å². The van der Waals surface area contributed by atoms with E-state index in [0.717, 1.165) is 37.5 Å². The van der Waals surface area contributed by atoms with Crippen molar-refractivity contribution < 1.29 is 19.7 Å². The number of carbonyl (C=O) groups is 1. The number of anilines is 2. The van der Waals surface area contributed by atoms with Crippen LogP contribution < -0.4 is 15.5 Å². The van der Waals surface area contributed by atoms with Gasteiger partial charge in [-0.2, -0.15) is 0 Å². The van der Waals surface area contributed by atoms with Crippen LogP contribution in [-0.4, -0.2) is 39.1 Å². The number of nitro groups is 2. The van der Waals surface area contributed by atoms with Crippen molar-refractivity contribution >= 4 is 46.0 Å². The topological polar surface area (TPSA) is 151 Å². The Hall–Kier alpha value is -3.80. The molecule has 0 bridgehead atoms. The number of carbonyl (C=O) groups excluding carboxylic acids is 1. The second-order valence-electron chi connectivity index (χ2n) is 6.88. The minimum atomic E-state index is -0.698. The van der Waals surface area contributed by atoms with E-state index in [-0.39, 0.29) is 33.5 Å². The number of piperidine rings is 1. The van der Waals surface area contributed by atoms with Gasteiger partial charge in [-0.3, -0.25) is 30.3 Å². The van der Waals surface area contributed by atoms with Crippen LogP contribution in [0.15, 0.2) is 36.4 Å². The smallest absolute Gasteiger partial charge is 0.293 e. The van der Waals surface area contributed by atoms with Gasteiger partial charge in [0.25, 0.3) is 17.3 Å². The summed E-state index contributed by atoms with van der Waals surface area (Å²) in [6, 6.07) is 7.50. The number of amides is 1. The number of nitro benzene ring substituents is 2. The van der Waals surface area contributed by atoms with E-state index in [1.807, 2.05) is 4.90 Å². The first kappa shape index (κ1) is 21.9. The molecule has 2 aromatic rings. The van der Waals surface area contributed by atoms with E-state index < -0.39 is 15.8 Å². The SMILES string of the molecule is O=C(NC(=S)Nc1cc([N+](=O)[O-])ccc1O)c1ccc(N2CCCCC2)c([N+](=O)[O-])c1. The Morgan fingerprint density at radius 3 is 2.39 bits per heavy atom. The normalized spacial score (nSPS) is 13.4. The van der Waals surface area contributed by atoms with Crippen molar-refractivity contribution in [1.82, 2.24) is 5.32 Å². The maximum atomic E-state index is 12.5. The fraction of sp³-hybridized carbons (Fsp3) is 0.263. The van der Waals surface area contributed by atoms with E-state index in [4.69, 9.17) is 12.2 Å². The van der Waals surface area contributed by atoms with Crippen molar-refractivity contribution in [3.05, 3.63) is 62.2 Å². The minimum Gasteiger partial charge on any atom is -0.506 e. The van der Waals surface area contributed by atoms with Crippen molar-refractivity contribution in [2.24, 2.45) is 0 Å². The van der Waals surface area contributed by atoms with Crippen LogP contribution in [0.3, 0.4) is 0 Å². The van der Waals surface area contributed by atoms with E-state index in [0.29, 0.717) is 18.8 Å². The molecule has 0 atom stereocenters. The largest absolute Gasteiger partial charge is 0.506 e. The van der Waals surface area contributed by atoms with Crippen molar-refractivity contribution in [3.63, 3.8) is 0 Å². The summed E-state index contributed by atoms with van der Waals surface area (Å²) in [6.07, 6.45) is 2.98. The molecule has 0 aliphatic carbocycles. The van der Waals surface area contributed by atoms with E-state index >= 15 is 0 Å². The standard InChI is InChI=1S/C19H19N5O6S/c25-17-7-5-13(23(27)28)11-14(17)20-19(31)21-18(26)12-4-6-15(16(10-12)24(29)30)22-8-2-1-3-9-22/h4-7,10-11,25H,1-3,8-9H2,(H2,20,21,26,31). The van der Waals surface area contributed by atoms with Gasteiger partial charge in [-0.15, -0.1) is 0 Å². The average Bonchev–Trinajstić information content (AvgIpc) is 2.75. The monoisotopic (exact) mass is 445 g/mol. The zero-order valence-electron chi connectivity index (χ0n) is 16.2. The first-order chi connectivity index (χ1) is 14.8. The van der Waals surface area contributed by atoms with Gasteiger partial charge in [0, 0.05) is 36.9 Å². The van der Waals surface area contributed by atoms with Gasteiger partial charge in [0.05, 0.1) is 15.5 Å².